The van der Waals surface area contributed by atoms with E-state index in [1.165, 1.54) is 18.5 Å². The molecule has 5 nitrogen and oxygen atoms in total. The molecule has 1 amide bonds. The summed E-state index contributed by atoms with van der Waals surface area (Å²) in [6.07, 6.45) is 1.23. The van der Waals surface area contributed by atoms with Crippen LogP contribution in [0.5, 0.6) is 0 Å². The summed E-state index contributed by atoms with van der Waals surface area (Å²) in [4.78, 5) is 19.8. The van der Waals surface area contributed by atoms with Crippen LogP contribution in [0.1, 0.15) is 24.3 Å². The number of hydrogen-bond acceptors (Lipinski definition) is 4. The van der Waals surface area contributed by atoms with E-state index in [2.05, 4.69) is 20.6 Å². The Labute approximate surface area is 126 Å². The van der Waals surface area contributed by atoms with Crippen molar-refractivity contribution in [1.82, 2.24) is 15.3 Å². The molecule has 1 aromatic carbocycles. The summed E-state index contributed by atoms with van der Waals surface area (Å²) in [6, 6.07) is 4.83. The minimum atomic E-state index is -0.964. The van der Waals surface area contributed by atoms with E-state index in [0.29, 0.717) is 24.0 Å². The smallest absolute Gasteiger partial charge is 0.270 e. The molecule has 2 rings (SSSR count). The molecular weight excluding hydrogens is 290 g/mol. The van der Waals surface area contributed by atoms with E-state index in [4.69, 9.17) is 0 Å². The highest BCUT2D eigenvalue weighted by molar-refractivity contribution is 5.92. The Bertz CT molecular complexity index is 676. The summed E-state index contributed by atoms with van der Waals surface area (Å²) in [5.41, 5.74) is 0.520. The highest BCUT2D eigenvalue weighted by atomic mass is 19.2. The van der Waals surface area contributed by atoms with E-state index in [0.717, 1.165) is 12.1 Å². The first kappa shape index (κ1) is 15.8. The van der Waals surface area contributed by atoms with Crippen molar-refractivity contribution >= 4 is 17.4 Å². The molecule has 116 valence electrons. The van der Waals surface area contributed by atoms with Gasteiger partial charge >= 0.3 is 0 Å². The first-order valence-corrected chi connectivity index (χ1v) is 6.78. The van der Waals surface area contributed by atoms with Gasteiger partial charge in [-0.1, -0.05) is 13.8 Å². The number of aromatic nitrogens is 2. The van der Waals surface area contributed by atoms with Crippen molar-refractivity contribution in [2.75, 3.05) is 11.9 Å². The Balaban J connectivity index is 2.10. The van der Waals surface area contributed by atoms with Gasteiger partial charge in [0.2, 0.25) is 0 Å². The first-order chi connectivity index (χ1) is 10.5. The maximum atomic E-state index is 13.2. The standard InChI is InChI=1S/C15H16F2N4O/c1-9(2)7-18-15(22)13-6-14(20-8-19-13)21-10-3-4-11(16)12(17)5-10/h3-6,8-9H,7H2,1-2H3,(H,18,22)(H,19,20,21). The Hall–Kier alpha value is -2.57. The summed E-state index contributed by atoms with van der Waals surface area (Å²) in [5.74, 6) is -1.57. The Morgan fingerprint density at radius 1 is 1.18 bits per heavy atom. The van der Waals surface area contributed by atoms with Gasteiger partial charge in [0.25, 0.3) is 5.91 Å². The molecule has 0 spiro atoms. The summed E-state index contributed by atoms with van der Waals surface area (Å²) < 4.78 is 26.0. The van der Waals surface area contributed by atoms with Crippen LogP contribution >= 0.6 is 0 Å². The fourth-order valence-electron chi connectivity index (χ4n) is 1.66. The van der Waals surface area contributed by atoms with Crippen molar-refractivity contribution in [2.45, 2.75) is 13.8 Å². The third kappa shape index (κ3) is 4.21. The highest BCUT2D eigenvalue weighted by Crippen LogP contribution is 2.17. The average molecular weight is 306 g/mol. The van der Waals surface area contributed by atoms with Crippen LogP contribution in [0, 0.1) is 17.6 Å². The van der Waals surface area contributed by atoms with E-state index in [-0.39, 0.29) is 11.6 Å². The Morgan fingerprint density at radius 3 is 2.64 bits per heavy atom. The van der Waals surface area contributed by atoms with Crippen LogP contribution in [0.2, 0.25) is 0 Å². The fourth-order valence-corrected chi connectivity index (χ4v) is 1.66. The maximum Gasteiger partial charge on any atom is 0.270 e. The van der Waals surface area contributed by atoms with E-state index in [1.807, 2.05) is 13.8 Å². The van der Waals surface area contributed by atoms with Crippen LogP contribution in [0.25, 0.3) is 0 Å². The van der Waals surface area contributed by atoms with Gasteiger partial charge in [0.05, 0.1) is 0 Å². The molecule has 0 fully saturated rings. The zero-order valence-electron chi connectivity index (χ0n) is 12.2. The molecule has 0 aliphatic rings. The van der Waals surface area contributed by atoms with Crippen molar-refractivity contribution in [3.8, 4) is 0 Å². The number of hydrogen-bond donors (Lipinski definition) is 2. The first-order valence-electron chi connectivity index (χ1n) is 6.78. The molecule has 2 N–H and O–H groups in total. The van der Waals surface area contributed by atoms with Crippen LogP contribution in [0.3, 0.4) is 0 Å². The molecule has 1 aromatic heterocycles. The van der Waals surface area contributed by atoms with Crippen LogP contribution < -0.4 is 10.6 Å². The monoisotopic (exact) mass is 306 g/mol. The summed E-state index contributed by atoms with van der Waals surface area (Å²) in [5, 5.41) is 5.53. The molecule has 0 radical (unpaired) electrons. The Morgan fingerprint density at radius 2 is 1.95 bits per heavy atom. The zero-order valence-corrected chi connectivity index (χ0v) is 12.2. The van der Waals surface area contributed by atoms with Gasteiger partial charge in [-0.2, -0.15) is 0 Å². The average Bonchev–Trinajstić information content (AvgIpc) is 2.49. The second-order valence-electron chi connectivity index (χ2n) is 5.15. The normalized spacial score (nSPS) is 10.6. The van der Waals surface area contributed by atoms with Gasteiger partial charge in [-0.05, 0) is 18.1 Å². The third-order valence-corrected chi connectivity index (χ3v) is 2.76. The van der Waals surface area contributed by atoms with Crippen LogP contribution in [-0.2, 0) is 0 Å². The zero-order chi connectivity index (χ0) is 16.1. The minimum absolute atomic E-state index is 0.195. The fraction of sp³-hybridized carbons (Fsp3) is 0.267. The van der Waals surface area contributed by atoms with Gasteiger partial charge in [0.1, 0.15) is 17.8 Å². The number of anilines is 2. The van der Waals surface area contributed by atoms with Gasteiger partial charge in [-0.3, -0.25) is 4.79 Å². The van der Waals surface area contributed by atoms with E-state index < -0.39 is 11.6 Å². The molecule has 1 heterocycles. The van der Waals surface area contributed by atoms with Gasteiger partial charge in [0.15, 0.2) is 11.6 Å². The van der Waals surface area contributed by atoms with Crippen molar-refractivity contribution in [3.05, 3.63) is 47.9 Å². The number of carbonyl (C=O) groups is 1. The second-order valence-corrected chi connectivity index (χ2v) is 5.15. The predicted octanol–water partition coefficient (Wildman–Crippen LogP) is 2.88. The summed E-state index contributed by atoms with van der Waals surface area (Å²) in [6.45, 7) is 4.50. The number of carbonyl (C=O) groups excluding carboxylic acids is 1. The molecule has 0 saturated heterocycles. The lowest BCUT2D eigenvalue weighted by atomic mass is 10.2. The molecule has 0 atom stereocenters. The van der Waals surface area contributed by atoms with Crippen LogP contribution in [-0.4, -0.2) is 22.4 Å². The quantitative estimate of drug-likeness (QED) is 0.891. The number of benzene rings is 1. The van der Waals surface area contributed by atoms with Crippen molar-refractivity contribution in [3.63, 3.8) is 0 Å². The molecule has 22 heavy (non-hydrogen) atoms. The third-order valence-electron chi connectivity index (χ3n) is 2.76. The topological polar surface area (TPSA) is 66.9 Å². The SMILES string of the molecule is CC(C)CNC(=O)c1cc(Nc2ccc(F)c(F)c2)ncn1. The second kappa shape index (κ2) is 6.93. The highest BCUT2D eigenvalue weighted by Gasteiger charge is 2.10. The molecule has 0 bridgehead atoms. The number of amides is 1. The van der Waals surface area contributed by atoms with Gasteiger partial charge in [0, 0.05) is 24.4 Å². The molecule has 0 aliphatic heterocycles. The lowest BCUT2D eigenvalue weighted by Gasteiger charge is -2.09. The van der Waals surface area contributed by atoms with Crippen molar-refractivity contribution in [1.29, 1.82) is 0 Å². The molecule has 7 heteroatoms. The minimum Gasteiger partial charge on any atom is -0.350 e. The molecule has 0 saturated carbocycles. The van der Waals surface area contributed by atoms with Crippen molar-refractivity contribution < 1.29 is 13.6 Å². The Kier molecular flexibility index (Phi) is 4.98. The lowest BCUT2D eigenvalue weighted by Crippen LogP contribution is -2.28. The van der Waals surface area contributed by atoms with Gasteiger partial charge in [-0.15, -0.1) is 0 Å². The lowest BCUT2D eigenvalue weighted by molar-refractivity contribution is 0.0944. The van der Waals surface area contributed by atoms with Crippen LogP contribution in [0.15, 0.2) is 30.6 Å². The van der Waals surface area contributed by atoms with E-state index in [1.54, 1.807) is 0 Å². The largest absolute Gasteiger partial charge is 0.350 e. The van der Waals surface area contributed by atoms with Gasteiger partial charge < -0.3 is 10.6 Å². The number of halogens is 2. The summed E-state index contributed by atoms with van der Waals surface area (Å²) in [7, 11) is 0. The van der Waals surface area contributed by atoms with Gasteiger partial charge in [-0.25, -0.2) is 18.7 Å². The molecular formula is C15H16F2N4O. The number of nitrogens with zero attached hydrogens (tertiary/aromatic N) is 2. The van der Waals surface area contributed by atoms with Crippen molar-refractivity contribution in [2.24, 2.45) is 5.92 Å². The molecule has 0 aliphatic carbocycles. The summed E-state index contributed by atoms with van der Waals surface area (Å²) >= 11 is 0. The number of nitrogens with one attached hydrogen (secondary N) is 2. The molecule has 2 aromatic rings. The predicted molar refractivity (Wildman–Crippen MR) is 78.8 cm³/mol. The molecule has 0 unspecified atom stereocenters. The van der Waals surface area contributed by atoms with Crippen LogP contribution in [0.4, 0.5) is 20.3 Å². The van der Waals surface area contributed by atoms with E-state index in [9.17, 15) is 13.6 Å². The maximum absolute atomic E-state index is 13.2. The van der Waals surface area contributed by atoms with E-state index >= 15 is 0 Å². The number of rotatable bonds is 5.